The Morgan fingerprint density at radius 2 is 1.95 bits per heavy atom. The van der Waals surface area contributed by atoms with E-state index in [1.54, 1.807) is 13.8 Å². The Morgan fingerprint density at radius 1 is 1.37 bits per heavy atom. The van der Waals surface area contributed by atoms with E-state index in [2.05, 4.69) is 14.6 Å². The fourth-order valence-electron chi connectivity index (χ4n) is 2.17. The molecule has 0 aliphatic rings. The second-order valence-corrected chi connectivity index (χ2v) is 5.10. The lowest BCUT2D eigenvalue weighted by Gasteiger charge is -2.23. The van der Waals surface area contributed by atoms with Crippen molar-refractivity contribution in [2.24, 2.45) is 0 Å². The molecule has 0 unspecified atom stereocenters. The maximum absolute atomic E-state index is 12.3. The van der Waals surface area contributed by atoms with E-state index in [9.17, 15) is 9.59 Å². The SMILES string of the molecule is CCn1c(C)cc(C(=O)NC(C)(C)C(=O)OC)c1C. The predicted molar refractivity (Wildman–Crippen MR) is 73.1 cm³/mol. The van der Waals surface area contributed by atoms with Crippen LogP contribution in [0.1, 0.15) is 42.5 Å². The quantitative estimate of drug-likeness (QED) is 0.845. The third kappa shape index (κ3) is 2.97. The molecule has 0 fully saturated rings. The van der Waals surface area contributed by atoms with Gasteiger partial charge in [0, 0.05) is 17.9 Å². The van der Waals surface area contributed by atoms with Gasteiger partial charge in [0.1, 0.15) is 5.54 Å². The molecule has 1 rings (SSSR count). The number of ether oxygens (including phenoxy) is 1. The van der Waals surface area contributed by atoms with Crippen molar-refractivity contribution in [2.75, 3.05) is 7.11 Å². The molecule has 1 heterocycles. The third-order valence-electron chi connectivity index (χ3n) is 3.26. The van der Waals surface area contributed by atoms with E-state index in [0.29, 0.717) is 5.56 Å². The Kier molecular flexibility index (Phi) is 4.39. The van der Waals surface area contributed by atoms with Crippen LogP contribution in [-0.2, 0) is 16.1 Å². The molecule has 0 atom stereocenters. The monoisotopic (exact) mass is 266 g/mol. The molecule has 1 N–H and O–H groups in total. The summed E-state index contributed by atoms with van der Waals surface area (Å²) in [6.07, 6.45) is 0. The molecular weight excluding hydrogens is 244 g/mol. The molecule has 0 spiro atoms. The third-order valence-corrected chi connectivity index (χ3v) is 3.26. The zero-order valence-corrected chi connectivity index (χ0v) is 12.5. The summed E-state index contributed by atoms with van der Waals surface area (Å²) in [5.41, 5.74) is 1.48. The largest absolute Gasteiger partial charge is 0.467 e. The van der Waals surface area contributed by atoms with Gasteiger partial charge in [0.2, 0.25) is 0 Å². The number of carbonyl (C=O) groups excluding carboxylic acids is 2. The first kappa shape index (κ1) is 15.3. The summed E-state index contributed by atoms with van der Waals surface area (Å²) in [5.74, 6) is -0.728. The van der Waals surface area contributed by atoms with Crippen LogP contribution in [-0.4, -0.2) is 29.1 Å². The molecule has 106 valence electrons. The molecule has 0 bridgehead atoms. The minimum atomic E-state index is -1.04. The van der Waals surface area contributed by atoms with Crippen LogP contribution in [0.15, 0.2) is 6.07 Å². The predicted octanol–water partition coefficient (Wildman–Crippen LogP) is 1.81. The molecule has 1 aromatic rings. The molecule has 0 saturated carbocycles. The van der Waals surface area contributed by atoms with Crippen LogP contribution in [0, 0.1) is 13.8 Å². The average molecular weight is 266 g/mol. The van der Waals surface area contributed by atoms with Gasteiger partial charge >= 0.3 is 5.97 Å². The van der Waals surface area contributed by atoms with E-state index >= 15 is 0 Å². The molecule has 5 heteroatoms. The average Bonchev–Trinajstić information content (AvgIpc) is 2.62. The first-order chi connectivity index (χ1) is 8.74. The van der Waals surface area contributed by atoms with Gasteiger partial charge in [-0.3, -0.25) is 4.79 Å². The van der Waals surface area contributed by atoms with Crippen LogP contribution in [0.25, 0.3) is 0 Å². The van der Waals surface area contributed by atoms with E-state index in [-0.39, 0.29) is 5.91 Å². The van der Waals surface area contributed by atoms with E-state index in [4.69, 9.17) is 0 Å². The van der Waals surface area contributed by atoms with Gasteiger partial charge < -0.3 is 14.6 Å². The first-order valence-electron chi connectivity index (χ1n) is 6.32. The van der Waals surface area contributed by atoms with Gasteiger partial charge in [-0.1, -0.05) is 0 Å². The minimum Gasteiger partial charge on any atom is -0.467 e. The maximum Gasteiger partial charge on any atom is 0.330 e. The molecule has 0 aliphatic heterocycles. The van der Waals surface area contributed by atoms with Gasteiger partial charge in [0.15, 0.2) is 0 Å². The van der Waals surface area contributed by atoms with E-state index in [1.807, 2.05) is 26.8 Å². The molecule has 0 aliphatic carbocycles. The summed E-state index contributed by atoms with van der Waals surface area (Å²) in [6, 6.07) is 1.83. The van der Waals surface area contributed by atoms with Gasteiger partial charge in [-0.05, 0) is 40.7 Å². The highest BCUT2D eigenvalue weighted by Gasteiger charge is 2.31. The van der Waals surface area contributed by atoms with Crippen LogP contribution in [0.3, 0.4) is 0 Å². The van der Waals surface area contributed by atoms with Crippen molar-refractivity contribution < 1.29 is 14.3 Å². The molecule has 0 radical (unpaired) electrons. The topological polar surface area (TPSA) is 60.3 Å². The molecule has 1 aromatic heterocycles. The number of rotatable bonds is 4. The summed E-state index contributed by atoms with van der Waals surface area (Å²) in [4.78, 5) is 23.8. The number of amides is 1. The zero-order chi connectivity index (χ0) is 14.8. The van der Waals surface area contributed by atoms with Crippen molar-refractivity contribution in [3.8, 4) is 0 Å². The number of aromatic nitrogens is 1. The number of esters is 1. The molecular formula is C14H22N2O3. The van der Waals surface area contributed by atoms with Crippen molar-refractivity contribution in [3.63, 3.8) is 0 Å². The standard InChI is InChI=1S/C14H22N2O3/c1-7-16-9(2)8-11(10(16)3)12(17)15-14(4,5)13(18)19-6/h8H,7H2,1-6H3,(H,15,17). The Bertz CT molecular complexity index is 501. The molecule has 5 nitrogen and oxygen atoms in total. The van der Waals surface area contributed by atoms with Crippen molar-refractivity contribution in [1.82, 2.24) is 9.88 Å². The fourth-order valence-corrected chi connectivity index (χ4v) is 2.17. The molecule has 19 heavy (non-hydrogen) atoms. The summed E-state index contributed by atoms with van der Waals surface area (Å²) in [6.45, 7) is 9.94. The van der Waals surface area contributed by atoms with Crippen molar-refractivity contribution in [3.05, 3.63) is 23.0 Å². The lowest BCUT2D eigenvalue weighted by atomic mass is 10.1. The summed E-state index contributed by atoms with van der Waals surface area (Å²) >= 11 is 0. The second-order valence-electron chi connectivity index (χ2n) is 5.10. The van der Waals surface area contributed by atoms with Gasteiger partial charge in [-0.15, -0.1) is 0 Å². The number of hydrogen-bond acceptors (Lipinski definition) is 3. The van der Waals surface area contributed by atoms with E-state index in [0.717, 1.165) is 17.9 Å². The Balaban J connectivity index is 3.00. The maximum atomic E-state index is 12.3. The highest BCUT2D eigenvalue weighted by Crippen LogP contribution is 2.16. The van der Waals surface area contributed by atoms with Gasteiger partial charge in [0.25, 0.3) is 5.91 Å². The Labute approximate surface area is 113 Å². The normalized spacial score (nSPS) is 11.3. The highest BCUT2D eigenvalue weighted by atomic mass is 16.5. The molecule has 0 aromatic carbocycles. The van der Waals surface area contributed by atoms with Crippen LogP contribution < -0.4 is 5.32 Å². The Morgan fingerprint density at radius 3 is 2.37 bits per heavy atom. The highest BCUT2D eigenvalue weighted by molar-refractivity contribution is 5.99. The summed E-state index contributed by atoms with van der Waals surface area (Å²) in [7, 11) is 1.30. The minimum absolute atomic E-state index is 0.261. The van der Waals surface area contributed by atoms with Crippen molar-refractivity contribution >= 4 is 11.9 Å². The number of carbonyl (C=O) groups is 2. The number of hydrogen-bond donors (Lipinski definition) is 1. The summed E-state index contributed by atoms with van der Waals surface area (Å²) < 4.78 is 6.73. The van der Waals surface area contributed by atoms with Gasteiger partial charge in [-0.2, -0.15) is 0 Å². The number of aryl methyl sites for hydroxylation is 1. The molecule has 1 amide bonds. The van der Waals surface area contributed by atoms with Crippen molar-refractivity contribution in [1.29, 1.82) is 0 Å². The van der Waals surface area contributed by atoms with Gasteiger partial charge in [0.05, 0.1) is 12.7 Å². The smallest absolute Gasteiger partial charge is 0.330 e. The zero-order valence-electron chi connectivity index (χ0n) is 12.5. The van der Waals surface area contributed by atoms with E-state index < -0.39 is 11.5 Å². The fraction of sp³-hybridized carbons (Fsp3) is 0.571. The van der Waals surface area contributed by atoms with E-state index in [1.165, 1.54) is 7.11 Å². The Hall–Kier alpha value is -1.78. The number of nitrogens with zero attached hydrogens (tertiary/aromatic N) is 1. The van der Waals surface area contributed by atoms with Crippen LogP contribution >= 0.6 is 0 Å². The lowest BCUT2D eigenvalue weighted by molar-refractivity contribution is -0.146. The lowest BCUT2D eigenvalue weighted by Crippen LogP contribution is -2.50. The van der Waals surface area contributed by atoms with Gasteiger partial charge in [-0.25, -0.2) is 4.79 Å². The summed E-state index contributed by atoms with van der Waals surface area (Å²) in [5, 5.41) is 2.70. The first-order valence-corrected chi connectivity index (χ1v) is 6.32. The van der Waals surface area contributed by atoms with Crippen LogP contribution in [0.4, 0.5) is 0 Å². The van der Waals surface area contributed by atoms with Crippen LogP contribution in [0.2, 0.25) is 0 Å². The number of methoxy groups -OCH3 is 1. The second kappa shape index (κ2) is 5.47. The molecule has 0 saturated heterocycles. The van der Waals surface area contributed by atoms with Crippen molar-refractivity contribution in [2.45, 2.75) is 46.7 Å². The van der Waals surface area contributed by atoms with Crippen LogP contribution in [0.5, 0.6) is 0 Å². The number of nitrogens with one attached hydrogen (secondary N) is 1.